The molecule has 0 saturated heterocycles. The second-order valence-corrected chi connectivity index (χ2v) is 5.72. The molecule has 1 nitrogen and oxygen atoms in total. The number of nitrogens with one attached hydrogen (secondary N) is 1. The monoisotopic (exact) mass is 323 g/mol. The van der Waals surface area contributed by atoms with Gasteiger partial charge in [-0.2, -0.15) is 0 Å². The van der Waals surface area contributed by atoms with Crippen molar-refractivity contribution >= 4 is 34.5 Å². The second-order valence-electron chi connectivity index (χ2n) is 4.87. The molecule has 0 atom stereocenters. The Morgan fingerprint density at radius 1 is 0.773 bits per heavy atom. The fourth-order valence-corrected chi connectivity index (χ4v) is 2.70. The summed E-state index contributed by atoms with van der Waals surface area (Å²) in [6.07, 6.45) is 0. The molecule has 3 aromatic carbocycles. The zero-order chi connectivity index (χ0) is 15.4. The zero-order valence-electron chi connectivity index (χ0n) is 11.8. The molecule has 0 radical (unpaired) electrons. The lowest BCUT2D eigenvalue weighted by atomic mass is 9.99. The van der Waals surface area contributed by atoms with Crippen LogP contribution in [-0.4, -0.2) is 4.99 Å². The lowest BCUT2D eigenvalue weighted by molar-refractivity contribution is 1.57. The quantitative estimate of drug-likeness (QED) is 0.612. The summed E-state index contributed by atoms with van der Waals surface area (Å²) in [4.78, 5) is 0.696. The number of anilines is 1. The van der Waals surface area contributed by atoms with E-state index in [0.717, 1.165) is 22.4 Å². The lowest BCUT2D eigenvalue weighted by Crippen LogP contribution is -2.11. The molecule has 0 saturated carbocycles. The van der Waals surface area contributed by atoms with Gasteiger partial charge in [0.05, 0.1) is 0 Å². The largest absolute Gasteiger partial charge is 0.346 e. The molecule has 0 fully saturated rings. The fraction of sp³-hybridized carbons (Fsp3) is 0. The molecule has 0 aliphatic carbocycles. The minimum Gasteiger partial charge on any atom is -0.346 e. The lowest BCUT2D eigenvalue weighted by Gasteiger charge is -2.13. The van der Waals surface area contributed by atoms with E-state index in [0.29, 0.717) is 10.0 Å². The Bertz CT molecular complexity index is 782. The van der Waals surface area contributed by atoms with Gasteiger partial charge in [0.25, 0.3) is 0 Å². The van der Waals surface area contributed by atoms with Gasteiger partial charge >= 0.3 is 0 Å². The molecule has 3 heteroatoms. The summed E-state index contributed by atoms with van der Waals surface area (Å²) in [6.45, 7) is 0. The molecule has 1 N–H and O–H groups in total. The van der Waals surface area contributed by atoms with Crippen LogP contribution in [0.1, 0.15) is 5.56 Å². The first-order valence-electron chi connectivity index (χ1n) is 6.95. The predicted molar refractivity (Wildman–Crippen MR) is 98.7 cm³/mol. The van der Waals surface area contributed by atoms with Crippen LogP contribution in [-0.2, 0) is 0 Å². The summed E-state index contributed by atoms with van der Waals surface area (Å²) >= 11 is 11.5. The smallest absolute Gasteiger partial charge is 0.111 e. The van der Waals surface area contributed by atoms with Crippen molar-refractivity contribution in [2.24, 2.45) is 0 Å². The maximum absolute atomic E-state index is 5.91. The Balaban J connectivity index is 1.91. The van der Waals surface area contributed by atoms with Gasteiger partial charge in [0, 0.05) is 16.3 Å². The number of hydrogen-bond donors (Lipinski definition) is 1. The van der Waals surface area contributed by atoms with Gasteiger partial charge in [-0.1, -0.05) is 78.4 Å². The third-order valence-corrected chi connectivity index (χ3v) is 3.93. The van der Waals surface area contributed by atoms with Gasteiger partial charge in [0.2, 0.25) is 0 Å². The van der Waals surface area contributed by atoms with E-state index in [2.05, 4.69) is 23.5 Å². The van der Waals surface area contributed by atoms with Gasteiger partial charge in [0.15, 0.2) is 0 Å². The first-order valence-corrected chi connectivity index (χ1v) is 7.74. The fourth-order valence-electron chi connectivity index (χ4n) is 2.28. The van der Waals surface area contributed by atoms with Crippen LogP contribution in [0.15, 0.2) is 78.9 Å². The molecule has 0 bridgehead atoms. The molecular weight excluding hydrogens is 310 g/mol. The van der Waals surface area contributed by atoms with Crippen molar-refractivity contribution in [2.75, 3.05) is 5.32 Å². The summed E-state index contributed by atoms with van der Waals surface area (Å²) in [7, 11) is 0. The van der Waals surface area contributed by atoms with Crippen molar-refractivity contribution < 1.29 is 0 Å². The SMILES string of the molecule is S=C(Nc1ccc(Cl)cc1)c1ccccc1-c1ccccc1. The third-order valence-electron chi connectivity index (χ3n) is 3.36. The molecule has 0 unspecified atom stereocenters. The Kier molecular flexibility index (Phi) is 4.52. The van der Waals surface area contributed by atoms with Crippen molar-refractivity contribution in [3.05, 3.63) is 89.4 Å². The van der Waals surface area contributed by atoms with Crippen LogP contribution in [0.3, 0.4) is 0 Å². The van der Waals surface area contributed by atoms with E-state index in [9.17, 15) is 0 Å². The normalized spacial score (nSPS) is 10.2. The van der Waals surface area contributed by atoms with Crippen molar-refractivity contribution in [1.29, 1.82) is 0 Å². The highest BCUT2D eigenvalue weighted by Gasteiger charge is 2.09. The second kappa shape index (κ2) is 6.73. The van der Waals surface area contributed by atoms with Crippen LogP contribution in [0.5, 0.6) is 0 Å². The Hall–Kier alpha value is -2.16. The summed E-state index contributed by atoms with van der Waals surface area (Å²) in [6, 6.07) is 25.9. The van der Waals surface area contributed by atoms with E-state index in [4.69, 9.17) is 23.8 Å². The molecule has 0 aliphatic rings. The number of benzene rings is 3. The van der Waals surface area contributed by atoms with Crippen molar-refractivity contribution in [2.45, 2.75) is 0 Å². The molecule has 0 spiro atoms. The molecule has 0 amide bonds. The van der Waals surface area contributed by atoms with Crippen molar-refractivity contribution in [3.8, 4) is 11.1 Å². The van der Waals surface area contributed by atoms with E-state index in [1.54, 1.807) is 0 Å². The first kappa shape index (κ1) is 14.8. The van der Waals surface area contributed by atoms with E-state index in [-0.39, 0.29) is 0 Å². The number of thiocarbonyl (C=S) groups is 1. The number of rotatable bonds is 3. The van der Waals surface area contributed by atoms with Gasteiger partial charge in [-0.05, 0) is 35.4 Å². The molecule has 3 aromatic rings. The maximum atomic E-state index is 5.91. The van der Waals surface area contributed by atoms with Gasteiger partial charge < -0.3 is 5.32 Å². The number of hydrogen-bond acceptors (Lipinski definition) is 1. The van der Waals surface area contributed by atoms with Crippen molar-refractivity contribution in [1.82, 2.24) is 0 Å². The van der Waals surface area contributed by atoms with Crippen LogP contribution >= 0.6 is 23.8 Å². The highest BCUT2D eigenvalue weighted by atomic mass is 35.5. The van der Waals surface area contributed by atoms with Gasteiger partial charge in [0.1, 0.15) is 4.99 Å². The maximum Gasteiger partial charge on any atom is 0.111 e. The van der Waals surface area contributed by atoms with Crippen LogP contribution in [0, 0.1) is 0 Å². The highest BCUT2D eigenvalue weighted by molar-refractivity contribution is 7.81. The summed E-state index contributed by atoms with van der Waals surface area (Å²) in [5.41, 5.74) is 4.21. The highest BCUT2D eigenvalue weighted by Crippen LogP contribution is 2.25. The van der Waals surface area contributed by atoms with Crippen LogP contribution < -0.4 is 5.32 Å². The van der Waals surface area contributed by atoms with E-state index in [1.165, 1.54) is 0 Å². The number of halogens is 1. The van der Waals surface area contributed by atoms with Crippen molar-refractivity contribution in [3.63, 3.8) is 0 Å². The van der Waals surface area contributed by atoms with Gasteiger partial charge in [-0.25, -0.2) is 0 Å². The predicted octanol–water partition coefficient (Wildman–Crippen LogP) is 5.79. The summed E-state index contributed by atoms with van der Waals surface area (Å²) in [5, 5.41) is 3.98. The minimum absolute atomic E-state index is 0.696. The average molecular weight is 324 g/mol. The minimum atomic E-state index is 0.696. The Labute approximate surface area is 140 Å². The van der Waals surface area contributed by atoms with Crippen LogP contribution in [0.2, 0.25) is 5.02 Å². The summed E-state index contributed by atoms with van der Waals surface area (Å²) in [5.74, 6) is 0. The van der Waals surface area contributed by atoms with Crippen LogP contribution in [0.25, 0.3) is 11.1 Å². The molecule has 108 valence electrons. The molecule has 0 aliphatic heterocycles. The van der Waals surface area contributed by atoms with E-state index in [1.807, 2.05) is 60.7 Å². The Morgan fingerprint density at radius 2 is 1.41 bits per heavy atom. The molecule has 0 heterocycles. The average Bonchev–Trinajstić information content (AvgIpc) is 2.58. The van der Waals surface area contributed by atoms with Gasteiger partial charge in [-0.15, -0.1) is 0 Å². The molecule has 22 heavy (non-hydrogen) atoms. The van der Waals surface area contributed by atoms with Gasteiger partial charge in [-0.3, -0.25) is 0 Å². The standard InChI is InChI=1S/C19H14ClNS/c20-15-10-12-16(13-11-15)21-19(22)18-9-5-4-8-17(18)14-6-2-1-3-7-14/h1-13H,(H,21,22). The third kappa shape index (κ3) is 3.35. The topological polar surface area (TPSA) is 12.0 Å². The first-order chi connectivity index (χ1) is 10.7. The molecule has 3 rings (SSSR count). The van der Waals surface area contributed by atoms with E-state index < -0.39 is 0 Å². The molecular formula is C19H14ClNS. The van der Waals surface area contributed by atoms with E-state index >= 15 is 0 Å². The Morgan fingerprint density at radius 3 is 2.14 bits per heavy atom. The molecule has 0 aromatic heterocycles. The summed E-state index contributed by atoms with van der Waals surface area (Å²) < 4.78 is 0. The zero-order valence-corrected chi connectivity index (χ0v) is 13.4. The van der Waals surface area contributed by atoms with Crippen LogP contribution in [0.4, 0.5) is 5.69 Å².